The van der Waals surface area contributed by atoms with Gasteiger partial charge in [-0.15, -0.1) is 0 Å². The molecule has 0 amide bonds. The molecule has 1 unspecified atom stereocenters. The Morgan fingerprint density at radius 1 is 1.31 bits per heavy atom. The van der Waals surface area contributed by atoms with Gasteiger partial charge in [0.25, 0.3) is 0 Å². The van der Waals surface area contributed by atoms with Crippen molar-refractivity contribution in [1.82, 2.24) is 15.3 Å². The molecule has 1 aromatic heterocycles. The number of H-pyrrole nitrogens is 1. The van der Waals surface area contributed by atoms with E-state index in [0.29, 0.717) is 5.92 Å². The molecule has 16 heavy (non-hydrogen) atoms. The molecule has 2 heterocycles. The molecule has 0 spiro atoms. The second-order valence-corrected chi connectivity index (χ2v) is 4.77. The highest BCUT2D eigenvalue weighted by molar-refractivity contribution is 5.10. The van der Waals surface area contributed by atoms with Crippen molar-refractivity contribution in [1.29, 1.82) is 0 Å². The highest BCUT2D eigenvalue weighted by Crippen LogP contribution is 2.32. The van der Waals surface area contributed by atoms with Gasteiger partial charge in [0.15, 0.2) is 0 Å². The predicted molar refractivity (Wildman–Crippen MR) is 61.4 cm³/mol. The van der Waals surface area contributed by atoms with E-state index in [0.717, 1.165) is 25.4 Å². The predicted octanol–water partition coefficient (Wildman–Crippen LogP) is 1.73. The lowest BCUT2D eigenvalue weighted by molar-refractivity contribution is 0.0252. The van der Waals surface area contributed by atoms with Crippen molar-refractivity contribution in [3.63, 3.8) is 0 Å². The van der Waals surface area contributed by atoms with Crippen LogP contribution in [0.2, 0.25) is 0 Å². The molecule has 1 aromatic rings. The third-order valence-electron chi connectivity index (χ3n) is 3.63. The standard InChI is InChI=1S/C12H19N3O/c1-2-4-9(3-1)12-14-7-10(15-12)11-8-13-5-6-16-11/h7,9,11,13H,1-6,8H2,(H,14,15). The molecule has 4 nitrogen and oxygen atoms in total. The minimum Gasteiger partial charge on any atom is -0.369 e. The van der Waals surface area contributed by atoms with Gasteiger partial charge in [-0.1, -0.05) is 12.8 Å². The van der Waals surface area contributed by atoms with Crippen LogP contribution >= 0.6 is 0 Å². The average molecular weight is 221 g/mol. The van der Waals surface area contributed by atoms with Gasteiger partial charge in [-0.2, -0.15) is 0 Å². The van der Waals surface area contributed by atoms with Crippen LogP contribution in [0.5, 0.6) is 0 Å². The minimum atomic E-state index is 0.163. The lowest BCUT2D eigenvalue weighted by Gasteiger charge is -2.22. The Morgan fingerprint density at radius 3 is 2.94 bits per heavy atom. The first-order valence-electron chi connectivity index (χ1n) is 6.30. The number of hydrogen-bond acceptors (Lipinski definition) is 3. The van der Waals surface area contributed by atoms with E-state index in [-0.39, 0.29) is 6.10 Å². The average Bonchev–Trinajstić information content (AvgIpc) is 3.01. The highest BCUT2D eigenvalue weighted by Gasteiger charge is 2.22. The van der Waals surface area contributed by atoms with Gasteiger partial charge in [0.1, 0.15) is 11.9 Å². The maximum Gasteiger partial charge on any atom is 0.111 e. The van der Waals surface area contributed by atoms with Gasteiger partial charge in [-0.25, -0.2) is 4.98 Å². The number of imidazole rings is 1. The van der Waals surface area contributed by atoms with Crippen LogP contribution in [0.25, 0.3) is 0 Å². The van der Waals surface area contributed by atoms with Crippen molar-refractivity contribution in [2.24, 2.45) is 0 Å². The number of hydrogen-bond donors (Lipinski definition) is 2. The van der Waals surface area contributed by atoms with Crippen molar-refractivity contribution in [3.8, 4) is 0 Å². The summed E-state index contributed by atoms with van der Waals surface area (Å²) < 4.78 is 5.71. The normalized spacial score (nSPS) is 27.4. The van der Waals surface area contributed by atoms with E-state index in [1.807, 2.05) is 6.20 Å². The van der Waals surface area contributed by atoms with E-state index >= 15 is 0 Å². The molecule has 0 bridgehead atoms. The van der Waals surface area contributed by atoms with Gasteiger partial charge in [-0.05, 0) is 12.8 Å². The fraction of sp³-hybridized carbons (Fsp3) is 0.750. The van der Waals surface area contributed by atoms with Crippen LogP contribution in [-0.4, -0.2) is 29.7 Å². The Balaban J connectivity index is 1.71. The quantitative estimate of drug-likeness (QED) is 0.799. The van der Waals surface area contributed by atoms with Crippen molar-refractivity contribution in [2.45, 2.75) is 37.7 Å². The van der Waals surface area contributed by atoms with Crippen molar-refractivity contribution >= 4 is 0 Å². The summed E-state index contributed by atoms with van der Waals surface area (Å²) in [4.78, 5) is 7.96. The summed E-state index contributed by atoms with van der Waals surface area (Å²) in [6.45, 7) is 2.65. The van der Waals surface area contributed by atoms with Gasteiger partial charge in [-0.3, -0.25) is 0 Å². The summed E-state index contributed by atoms with van der Waals surface area (Å²) in [5, 5.41) is 3.34. The largest absolute Gasteiger partial charge is 0.369 e. The Morgan fingerprint density at radius 2 is 2.19 bits per heavy atom. The van der Waals surface area contributed by atoms with Crippen LogP contribution in [0.15, 0.2) is 6.20 Å². The fourth-order valence-corrected chi connectivity index (χ4v) is 2.69. The number of nitrogens with one attached hydrogen (secondary N) is 2. The van der Waals surface area contributed by atoms with Crippen LogP contribution in [0.3, 0.4) is 0 Å². The van der Waals surface area contributed by atoms with Gasteiger partial charge in [0.05, 0.1) is 18.5 Å². The van der Waals surface area contributed by atoms with Crippen molar-refractivity contribution in [2.75, 3.05) is 19.7 Å². The molecule has 88 valence electrons. The SMILES string of the molecule is c1nc(C2CCCC2)[nH]c1C1CNCCO1. The smallest absolute Gasteiger partial charge is 0.111 e. The molecule has 1 atom stereocenters. The van der Waals surface area contributed by atoms with Crippen molar-refractivity contribution < 1.29 is 4.74 Å². The van der Waals surface area contributed by atoms with E-state index < -0.39 is 0 Å². The lowest BCUT2D eigenvalue weighted by Crippen LogP contribution is -2.33. The highest BCUT2D eigenvalue weighted by atomic mass is 16.5. The number of nitrogens with zero attached hydrogens (tertiary/aromatic N) is 1. The first-order chi connectivity index (χ1) is 7.93. The second kappa shape index (κ2) is 4.55. The molecule has 1 saturated carbocycles. The zero-order valence-electron chi connectivity index (χ0n) is 9.54. The summed E-state index contributed by atoms with van der Waals surface area (Å²) in [7, 11) is 0. The Labute approximate surface area is 95.8 Å². The van der Waals surface area contributed by atoms with Crippen LogP contribution in [-0.2, 0) is 4.74 Å². The van der Waals surface area contributed by atoms with E-state index in [1.165, 1.54) is 31.5 Å². The molecule has 1 aliphatic heterocycles. The molecule has 0 aromatic carbocycles. The third-order valence-corrected chi connectivity index (χ3v) is 3.63. The molecular formula is C12H19N3O. The summed E-state index contributed by atoms with van der Waals surface area (Å²) >= 11 is 0. The summed E-state index contributed by atoms with van der Waals surface area (Å²) in [5.74, 6) is 1.83. The Bertz CT molecular complexity index is 338. The molecule has 1 saturated heterocycles. The Kier molecular flexibility index (Phi) is 2.93. The third kappa shape index (κ3) is 1.99. The monoisotopic (exact) mass is 221 g/mol. The number of ether oxygens (including phenoxy) is 1. The van der Waals surface area contributed by atoms with Gasteiger partial charge >= 0.3 is 0 Å². The minimum absolute atomic E-state index is 0.163. The number of morpholine rings is 1. The second-order valence-electron chi connectivity index (χ2n) is 4.77. The van der Waals surface area contributed by atoms with Gasteiger partial charge in [0, 0.05) is 19.0 Å². The molecule has 1 aliphatic carbocycles. The van der Waals surface area contributed by atoms with Crippen molar-refractivity contribution in [3.05, 3.63) is 17.7 Å². The molecular weight excluding hydrogens is 202 g/mol. The van der Waals surface area contributed by atoms with E-state index in [1.54, 1.807) is 0 Å². The zero-order valence-corrected chi connectivity index (χ0v) is 9.54. The summed E-state index contributed by atoms with van der Waals surface area (Å²) in [5.41, 5.74) is 1.13. The van der Waals surface area contributed by atoms with Crippen LogP contribution < -0.4 is 5.32 Å². The summed E-state index contributed by atoms with van der Waals surface area (Å²) in [6, 6.07) is 0. The number of rotatable bonds is 2. The lowest BCUT2D eigenvalue weighted by atomic mass is 10.1. The first kappa shape index (κ1) is 10.3. The topological polar surface area (TPSA) is 49.9 Å². The molecule has 2 aliphatic rings. The maximum absolute atomic E-state index is 5.71. The molecule has 3 rings (SSSR count). The molecule has 0 radical (unpaired) electrons. The van der Waals surface area contributed by atoms with Crippen LogP contribution in [0.1, 0.15) is 49.2 Å². The van der Waals surface area contributed by atoms with Crippen LogP contribution in [0.4, 0.5) is 0 Å². The van der Waals surface area contributed by atoms with Crippen LogP contribution in [0, 0.1) is 0 Å². The summed E-state index contributed by atoms with van der Waals surface area (Å²) in [6.07, 6.45) is 7.39. The molecule has 2 fully saturated rings. The maximum atomic E-state index is 5.71. The molecule has 2 N–H and O–H groups in total. The van der Waals surface area contributed by atoms with E-state index in [9.17, 15) is 0 Å². The first-order valence-corrected chi connectivity index (χ1v) is 6.30. The zero-order chi connectivity index (χ0) is 10.8. The van der Waals surface area contributed by atoms with Gasteiger partial charge in [0.2, 0.25) is 0 Å². The molecule has 4 heteroatoms. The number of aromatic amines is 1. The van der Waals surface area contributed by atoms with E-state index in [2.05, 4.69) is 15.3 Å². The number of aromatic nitrogens is 2. The van der Waals surface area contributed by atoms with Gasteiger partial charge < -0.3 is 15.0 Å². The van der Waals surface area contributed by atoms with E-state index in [4.69, 9.17) is 4.74 Å². The fourth-order valence-electron chi connectivity index (χ4n) is 2.69. The Hall–Kier alpha value is -0.870.